The highest BCUT2D eigenvalue weighted by Crippen LogP contribution is 2.45. The van der Waals surface area contributed by atoms with E-state index in [0.29, 0.717) is 25.2 Å². The highest BCUT2D eigenvalue weighted by molar-refractivity contribution is 6.75. The summed E-state index contributed by atoms with van der Waals surface area (Å²) in [6.07, 6.45) is 11.0. The Labute approximate surface area is 263 Å². The van der Waals surface area contributed by atoms with Crippen LogP contribution < -0.4 is 4.74 Å². The highest BCUT2D eigenvalue weighted by Gasteiger charge is 2.54. The Morgan fingerprint density at radius 2 is 1.53 bits per heavy atom. The van der Waals surface area contributed by atoms with Crippen LogP contribution in [0.1, 0.15) is 73.6 Å². The fourth-order valence-corrected chi connectivity index (χ4v) is 7.29. The second kappa shape index (κ2) is 15.2. The molecule has 0 aliphatic heterocycles. The normalized spacial score (nSPS) is 18.4. The number of esters is 1. The van der Waals surface area contributed by atoms with Crippen LogP contribution in [-0.2, 0) is 23.2 Å². The number of para-hydroxylation sites is 1. The maximum absolute atomic E-state index is 13.5. The lowest BCUT2D eigenvalue weighted by molar-refractivity contribution is -0.194. The molecule has 0 N–H and O–H groups in total. The van der Waals surface area contributed by atoms with Gasteiger partial charge in [0.1, 0.15) is 11.5 Å². The number of rotatable bonds is 14. The molecule has 0 unspecified atom stereocenters. The molecule has 0 heterocycles. The molecule has 0 radical (unpaired) electrons. The number of ketones is 1. The van der Waals surface area contributed by atoms with E-state index in [1.165, 1.54) is 7.11 Å². The van der Waals surface area contributed by atoms with Crippen LogP contribution in [0.3, 0.4) is 0 Å². The molecular weight excluding hydrogens is 573 g/mol. The van der Waals surface area contributed by atoms with Crippen molar-refractivity contribution in [3.8, 4) is 5.75 Å². The van der Waals surface area contributed by atoms with E-state index in [1.54, 1.807) is 0 Å². The van der Waals surface area contributed by atoms with E-state index in [1.807, 2.05) is 42.5 Å². The number of carbonyl (C=O) groups is 2. The van der Waals surface area contributed by atoms with Crippen LogP contribution in [0.4, 0.5) is 0 Å². The Kier molecular flexibility index (Phi) is 13.0. The average Bonchev–Trinajstić information content (AvgIpc) is 3.25. The molecule has 0 bridgehead atoms. The second-order valence-corrected chi connectivity index (χ2v) is 24.1. The SMILES string of the molecule is COC(=O)C(CC=C=CC[C@H]1C(=O)CC[C@@H]1/C=C/CCOc1ccccc1)(O[Si](C)(C)C(C)(C)C)O[Si](C)(C)C(C)(C)C. The summed E-state index contributed by atoms with van der Waals surface area (Å²) in [5.41, 5.74) is 3.25. The van der Waals surface area contributed by atoms with Gasteiger partial charge < -0.3 is 18.3 Å². The van der Waals surface area contributed by atoms with Crippen molar-refractivity contribution in [2.24, 2.45) is 11.8 Å². The smallest absolute Gasteiger partial charge is 0.364 e. The topological polar surface area (TPSA) is 71.1 Å². The van der Waals surface area contributed by atoms with Crippen LogP contribution in [0.5, 0.6) is 5.75 Å². The Hall–Kier alpha value is -2.23. The minimum atomic E-state index is -2.45. The molecule has 1 aromatic rings. The molecule has 0 spiro atoms. The first-order valence-electron chi connectivity index (χ1n) is 15.6. The van der Waals surface area contributed by atoms with Crippen molar-refractivity contribution in [1.29, 1.82) is 0 Å². The summed E-state index contributed by atoms with van der Waals surface area (Å²) in [6.45, 7) is 21.9. The third-order valence-corrected chi connectivity index (χ3v) is 18.2. The predicted octanol–water partition coefficient (Wildman–Crippen LogP) is 9.01. The van der Waals surface area contributed by atoms with E-state index >= 15 is 0 Å². The van der Waals surface area contributed by atoms with Crippen molar-refractivity contribution in [2.45, 2.75) is 116 Å². The Balaban J connectivity index is 2.19. The molecule has 6 nitrogen and oxygen atoms in total. The number of methoxy groups -OCH3 is 1. The second-order valence-electron chi connectivity index (χ2n) is 14.6. The zero-order chi connectivity index (χ0) is 32.5. The van der Waals surface area contributed by atoms with Gasteiger partial charge in [0.05, 0.1) is 13.7 Å². The standard InChI is InChI=1S/C35H56O6Si2/c1-33(2,3)42(8,9)40-35(32(37)38-7,41-43(10,11)34(4,5)6)26-18-13-16-23-30-28(24-25-31(30)36)20-17-19-27-39-29-21-14-12-15-22-29/h12,14-18,20-22,28,30H,19,23-27H2,1-11H3/b20-17+/t13?,28-,30+/m0/s1. The summed E-state index contributed by atoms with van der Waals surface area (Å²) < 4.78 is 24.7. The molecule has 0 amide bonds. The van der Waals surface area contributed by atoms with Crippen LogP contribution in [0.2, 0.25) is 36.3 Å². The summed E-state index contributed by atoms with van der Waals surface area (Å²) >= 11 is 0. The van der Waals surface area contributed by atoms with Gasteiger partial charge in [0.15, 0.2) is 16.6 Å². The molecule has 0 saturated heterocycles. The molecule has 2 rings (SSSR count). The van der Waals surface area contributed by atoms with Crippen molar-refractivity contribution < 1.29 is 27.9 Å². The number of allylic oxidation sites excluding steroid dienone is 1. The van der Waals surface area contributed by atoms with Gasteiger partial charge in [-0.25, -0.2) is 4.79 Å². The van der Waals surface area contributed by atoms with Crippen molar-refractivity contribution in [2.75, 3.05) is 13.7 Å². The van der Waals surface area contributed by atoms with Crippen LogP contribution >= 0.6 is 0 Å². The van der Waals surface area contributed by atoms with E-state index in [9.17, 15) is 9.59 Å². The van der Waals surface area contributed by atoms with Gasteiger partial charge in [0.2, 0.25) is 0 Å². The monoisotopic (exact) mass is 628 g/mol. The fraction of sp³-hybridized carbons (Fsp3) is 0.629. The van der Waals surface area contributed by atoms with Gasteiger partial charge in [-0.3, -0.25) is 4.79 Å². The van der Waals surface area contributed by atoms with Crippen molar-refractivity contribution in [1.82, 2.24) is 0 Å². The molecule has 240 valence electrons. The number of hydrogen-bond acceptors (Lipinski definition) is 6. The van der Waals surface area contributed by atoms with Gasteiger partial charge in [0, 0.05) is 18.8 Å². The van der Waals surface area contributed by atoms with E-state index in [0.717, 1.165) is 18.6 Å². The Bertz CT molecular complexity index is 1120. The van der Waals surface area contributed by atoms with Gasteiger partial charge in [-0.1, -0.05) is 71.9 Å². The minimum Gasteiger partial charge on any atom is -0.493 e. The molecule has 1 aliphatic rings. The molecule has 1 aromatic carbocycles. The van der Waals surface area contributed by atoms with Crippen LogP contribution in [0, 0.1) is 11.8 Å². The molecular formula is C35H56O6Si2. The highest BCUT2D eigenvalue weighted by atomic mass is 28.4. The molecule has 8 heteroatoms. The van der Waals surface area contributed by atoms with Crippen molar-refractivity contribution in [3.05, 3.63) is 60.4 Å². The number of hydrogen-bond donors (Lipinski definition) is 0. The lowest BCUT2D eigenvalue weighted by Crippen LogP contribution is -2.60. The van der Waals surface area contributed by atoms with Crippen LogP contribution in [0.25, 0.3) is 0 Å². The van der Waals surface area contributed by atoms with E-state index < -0.39 is 28.4 Å². The maximum atomic E-state index is 13.5. The van der Waals surface area contributed by atoms with Gasteiger partial charge in [-0.2, -0.15) is 0 Å². The lowest BCUT2D eigenvalue weighted by atomic mass is 9.91. The predicted molar refractivity (Wildman–Crippen MR) is 180 cm³/mol. The van der Waals surface area contributed by atoms with Gasteiger partial charge in [-0.05, 0) is 85.7 Å². The van der Waals surface area contributed by atoms with Crippen molar-refractivity contribution >= 4 is 28.4 Å². The Morgan fingerprint density at radius 3 is 2.07 bits per heavy atom. The van der Waals surface area contributed by atoms with Crippen LogP contribution in [-0.4, -0.2) is 47.9 Å². The summed E-state index contributed by atoms with van der Waals surface area (Å²) in [5.74, 6) is -0.780. The largest absolute Gasteiger partial charge is 0.493 e. The molecule has 1 aliphatic carbocycles. The third kappa shape index (κ3) is 10.4. The van der Waals surface area contributed by atoms with Crippen molar-refractivity contribution in [3.63, 3.8) is 0 Å². The summed E-state index contributed by atoms with van der Waals surface area (Å²) in [6, 6.07) is 9.78. The Morgan fingerprint density at radius 1 is 0.953 bits per heavy atom. The first-order chi connectivity index (χ1) is 19.9. The fourth-order valence-electron chi connectivity index (χ4n) is 4.53. The quantitative estimate of drug-likeness (QED) is 0.0511. The first kappa shape index (κ1) is 37.0. The zero-order valence-corrected chi connectivity index (χ0v) is 30.5. The average molecular weight is 629 g/mol. The zero-order valence-electron chi connectivity index (χ0n) is 28.5. The van der Waals surface area contributed by atoms with E-state index in [-0.39, 0.29) is 28.3 Å². The first-order valence-corrected chi connectivity index (χ1v) is 21.4. The molecule has 1 saturated carbocycles. The number of Topliss-reactive ketones (excluding diaryl/α,β-unsaturated/α-hetero) is 1. The summed E-state index contributed by atoms with van der Waals surface area (Å²) in [5, 5.41) is -0.274. The molecule has 2 atom stereocenters. The lowest BCUT2D eigenvalue weighted by Gasteiger charge is -2.48. The maximum Gasteiger partial charge on any atom is 0.364 e. The number of benzene rings is 1. The van der Waals surface area contributed by atoms with Gasteiger partial charge in [-0.15, -0.1) is 5.73 Å². The third-order valence-electron chi connectivity index (χ3n) is 9.26. The molecule has 1 fully saturated rings. The van der Waals surface area contributed by atoms with E-state index in [2.05, 4.69) is 85.6 Å². The number of ether oxygens (including phenoxy) is 2. The van der Waals surface area contributed by atoms with E-state index in [4.69, 9.17) is 18.3 Å². The van der Waals surface area contributed by atoms with Crippen LogP contribution in [0.15, 0.2) is 60.4 Å². The van der Waals surface area contributed by atoms with Gasteiger partial charge >= 0.3 is 5.97 Å². The summed E-state index contributed by atoms with van der Waals surface area (Å²) in [7, 11) is -3.51. The minimum absolute atomic E-state index is 0.0653. The number of carbonyl (C=O) groups excluding carboxylic acids is 2. The molecule has 43 heavy (non-hydrogen) atoms. The molecule has 0 aromatic heterocycles. The summed E-state index contributed by atoms with van der Waals surface area (Å²) in [4.78, 5) is 26.2. The van der Waals surface area contributed by atoms with Gasteiger partial charge in [0.25, 0.3) is 5.79 Å².